The predicted octanol–water partition coefficient (Wildman–Crippen LogP) is 22.2. The van der Waals surface area contributed by atoms with Crippen LogP contribution in [0.3, 0.4) is 0 Å². The Morgan fingerprint density at radius 1 is 0.185 bits per heavy atom. The summed E-state index contributed by atoms with van der Waals surface area (Å²) in [5, 5.41) is 32.6. The molecule has 0 aliphatic carbocycles. The number of hydrogen-bond donors (Lipinski definition) is 0. The molecule has 18 aromatic rings. The maximum Gasteiger partial charge on any atom is 0.101 e. The minimum Gasteiger partial charge on any atom is -0.309 e. The molecule has 426 valence electrons. The first-order chi connectivity index (χ1) is 45.6. The van der Waals surface area contributed by atoms with Crippen LogP contribution in [0.25, 0.3) is 166 Å². The lowest BCUT2D eigenvalue weighted by Gasteiger charge is -2.23. The quantitative estimate of drug-likeness (QED) is 0.145. The lowest BCUT2D eigenvalue weighted by molar-refractivity contribution is 1.12. The van der Waals surface area contributed by atoms with Crippen molar-refractivity contribution in [3.05, 3.63) is 327 Å². The maximum absolute atomic E-state index is 12.0. The highest BCUT2D eigenvalue weighted by Crippen LogP contribution is 2.48. The van der Waals surface area contributed by atoms with E-state index in [1.807, 2.05) is 0 Å². The van der Waals surface area contributed by atoms with E-state index >= 15 is 0 Å². The van der Waals surface area contributed by atoms with Crippen LogP contribution < -0.4 is 0 Å². The van der Waals surface area contributed by atoms with Crippen LogP contribution in [-0.4, -0.2) is 18.3 Å². The fraction of sp³-hybridized carbons (Fsp3) is 0. The number of nitriles is 2. The molecule has 0 atom stereocenters. The van der Waals surface area contributed by atoms with Crippen LogP contribution in [0.15, 0.2) is 315 Å². The van der Waals surface area contributed by atoms with Gasteiger partial charge in [0.2, 0.25) is 0 Å². The molecule has 0 aliphatic heterocycles. The molecule has 0 unspecified atom stereocenters. The molecule has 6 nitrogen and oxygen atoms in total. The Balaban J connectivity index is 1.00. The Bertz CT molecular complexity index is 5750. The molecule has 0 amide bonds. The molecule has 0 fully saturated rings. The zero-order chi connectivity index (χ0) is 61.0. The first-order valence-corrected chi connectivity index (χ1v) is 31.1. The molecule has 0 saturated carbocycles. The molecule has 0 bridgehead atoms. The molecule has 4 aromatic heterocycles. The van der Waals surface area contributed by atoms with Gasteiger partial charge in [-0.1, -0.05) is 218 Å². The number of hydrogen-bond acceptors (Lipinski definition) is 2. The third-order valence-electron chi connectivity index (χ3n) is 18.8. The van der Waals surface area contributed by atoms with E-state index in [9.17, 15) is 10.5 Å². The normalized spacial score (nSPS) is 11.7. The molecule has 92 heavy (non-hydrogen) atoms. The minimum absolute atomic E-state index is 0.503. The van der Waals surface area contributed by atoms with Crippen LogP contribution in [0.5, 0.6) is 0 Å². The molecule has 6 heteroatoms. The summed E-state index contributed by atoms with van der Waals surface area (Å²) in [6, 6.07) is 118. The van der Waals surface area contributed by atoms with Gasteiger partial charge in [0.25, 0.3) is 0 Å². The van der Waals surface area contributed by atoms with Crippen molar-refractivity contribution in [1.29, 1.82) is 10.5 Å². The van der Waals surface area contributed by atoms with E-state index in [-0.39, 0.29) is 0 Å². The van der Waals surface area contributed by atoms with Crippen molar-refractivity contribution in [3.63, 3.8) is 0 Å². The monoisotopic (exact) mass is 1170 g/mol. The average molecular weight is 1170 g/mol. The van der Waals surface area contributed by atoms with E-state index in [1.54, 1.807) is 0 Å². The Morgan fingerprint density at radius 2 is 0.413 bits per heavy atom. The van der Waals surface area contributed by atoms with Gasteiger partial charge < -0.3 is 18.3 Å². The topological polar surface area (TPSA) is 67.3 Å². The minimum atomic E-state index is 0.503. The summed E-state index contributed by atoms with van der Waals surface area (Å²) in [7, 11) is 0. The van der Waals surface area contributed by atoms with Gasteiger partial charge >= 0.3 is 0 Å². The van der Waals surface area contributed by atoms with E-state index in [1.165, 1.54) is 0 Å². The highest BCUT2D eigenvalue weighted by molar-refractivity contribution is 6.15. The van der Waals surface area contributed by atoms with E-state index in [0.29, 0.717) is 11.1 Å². The number of aromatic nitrogens is 4. The molecule has 0 aliphatic rings. The SMILES string of the molecule is N#Cc1cc(-n2c3ccccc3c3cc(-c4ccccc4)ccc32)c(-c2cc(-n3c4ccccc4c4cc(-c5ccccc5)ccc43)c(C#N)cc2-n2c3ccccc3c3cc(-c4ccccc4)ccc32)cc1-n1c2ccccc2c2cc(-c3ccccc3)ccc21. The van der Waals surface area contributed by atoms with Gasteiger partial charge in [-0.25, -0.2) is 0 Å². The van der Waals surface area contributed by atoms with Crippen LogP contribution in [0.4, 0.5) is 0 Å². The largest absolute Gasteiger partial charge is 0.309 e. The van der Waals surface area contributed by atoms with Crippen molar-refractivity contribution in [3.8, 4) is 90.5 Å². The average Bonchev–Trinajstić information content (AvgIpc) is 1.51. The Morgan fingerprint density at radius 3 is 0.674 bits per heavy atom. The number of para-hydroxylation sites is 4. The van der Waals surface area contributed by atoms with E-state index in [0.717, 1.165) is 166 Å². The Labute approximate surface area is 530 Å². The summed E-state index contributed by atoms with van der Waals surface area (Å²) in [4.78, 5) is 0. The summed E-state index contributed by atoms with van der Waals surface area (Å²) in [6.45, 7) is 0. The molecule has 18 rings (SSSR count). The van der Waals surface area contributed by atoms with Gasteiger partial charge in [0, 0.05) is 54.2 Å². The summed E-state index contributed by atoms with van der Waals surface area (Å²) in [5.41, 5.74) is 22.6. The maximum atomic E-state index is 12.0. The predicted molar refractivity (Wildman–Crippen MR) is 380 cm³/mol. The lowest BCUT2D eigenvalue weighted by atomic mass is 9.95. The molecule has 0 saturated heterocycles. The Hall–Kier alpha value is -12.7. The van der Waals surface area contributed by atoms with E-state index in [2.05, 4.69) is 346 Å². The van der Waals surface area contributed by atoms with E-state index in [4.69, 9.17) is 0 Å². The van der Waals surface area contributed by atoms with Gasteiger partial charge in [-0.05, 0) is 142 Å². The zero-order valence-electron chi connectivity index (χ0n) is 49.7. The van der Waals surface area contributed by atoms with Crippen LogP contribution in [0.1, 0.15) is 11.1 Å². The van der Waals surface area contributed by atoms with Crippen LogP contribution in [0, 0.1) is 22.7 Å². The first kappa shape index (κ1) is 52.4. The summed E-state index contributed by atoms with van der Waals surface area (Å²) in [6.07, 6.45) is 0. The molecule has 4 heterocycles. The van der Waals surface area contributed by atoms with Gasteiger partial charge in [0.15, 0.2) is 0 Å². The third kappa shape index (κ3) is 8.12. The van der Waals surface area contributed by atoms with Crippen molar-refractivity contribution in [2.24, 2.45) is 0 Å². The standard InChI is InChI=1S/C86H52N6/c87-53-63-49-85(91-77-35-19-15-31-67(77)71-47-61(39-43-81(71)91)57-25-9-3-10-26-57)73(51-83(63)89-75-33-17-13-29-65(75)69-45-59(37-41-79(69)89)55-21-5-1-6-22-55)74-52-84(90-76-34-18-14-30-66(76)70-46-60(38-42-80(70)90)56-23-7-2-8-24-56)64(54-88)50-86(74)92-78-36-20-16-32-68(78)72-48-62(40-44-82(72)92)58-27-11-4-12-28-58/h1-52H. The number of rotatable bonds is 9. The van der Waals surface area contributed by atoms with Crippen LogP contribution >= 0.6 is 0 Å². The Kier molecular flexibility index (Phi) is 11.9. The summed E-state index contributed by atoms with van der Waals surface area (Å²) < 4.78 is 9.30. The number of nitrogens with zero attached hydrogens (tertiary/aromatic N) is 6. The van der Waals surface area contributed by atoms with Gasteiger partial charge in [0.05, 0.1) is 78.0 Å². The smallest absolute Gasteiger partial charge is 0.101 e. The molecule has 0 N–H and O–H groups in total. The van der Waals surface area contributed by atoms with Gasteiger partial charge in [-0.15, -0.1) is 0 Å². The molecule has 0 radical (unpaired) electrons. The first-order valence-electron chi connectivity index (χ1n) is 31.1. The fourth-order valence-corrected chi connectivity index (χ4v) is 14.7. The van der Waals surface area contributed by atoms with Crippen LogP contribution in [0.2, 0.25) is 0 Å². The van der Waals surface area contributed by atoms with Crippen molar-refractivity contribution in [2.75, 3.05) is 0 Å². The second kappa shape index (κ2) is 21.0. The highest BCUT2D eigenvalue weighted by Gasteiger charge is 2.28. The number of fused-ring (bicyclic) bond motifs is 12. The highest BCUT2D eigenvalue weighted by atomic mass is 15.0. The van der Waals surface area contributed by atoms with Gasteiger partial charge in [0.1, 0.15) is 12.1 Å². The molecular weight excluding hydrogens is 1120 g/mol. The molecule has 14 aromatic carbocycles. The van der Waals surface area contributed by atoms with E-state index < -0.39 is 0 Å². The summed E-state index contributed by atoms with van der Waals surface area (Å²) in [5.74, 6) is 0. The van der Waals surface area contributed by atoms with Crippen LogP contribution in [-0.2, 0) is 0 Å². The zero-order valence-corrected chi connectivity index (χ0v) is 49.7. The second-order valence-electron chi connectivity index (χ2n) is 23.8. The second-order valence-corrected chi connectivity index (χ2v) is 23.8. The fourth-order valence-electron chi connectivity index (χ4n) is 14.7. The van der Waals surface area contributed by atoms with Crippen molar-refractivity contribution >= 4 is 87.2 Å². The van der Waals surface area contributed by atoms with Crippen molar-refractivity contribution in [2.45, 2.75) is 0 Å². The van der Waals surface area contributed by atoms with Crippen molar-refractivity contribution < 1.29 is 0 Å². The summed E-state index contributed by atoms with van der Waals surface area (Å²) >= 11 is 0. The molecule has 0 spiro atoms. The molecular formula is C86H52N6. The van der Waals surface area contributed by atoms with Crippen molar-refractivity contribution in [1.82, 2.24) is 18.3 Å². The van der Waals surface area contributed by atoms with Gasteiger partial charge in [-0.2, -0.15) is 10.5 Å². The lowest BCUT2D eigenvalue weighted by Crippen LogP contribution is -2.07. The van der Waals surface area contributed by atoms with Gasteiger partial charge in [-0.3, -0.25) is 0 Å². The number of benzene rings is 14. The third-order valence-corrected chi connectivity index (χ3v) is 18.8.